The molecular weight excluding hydrogens is 241 g/mol. The van der Waals surface area contributed by atoms with E-state index in [9.17, 15) is 4.79 Å². The maximum absolute atomic E-state index is 12.5. The molecule has 1 aromatic carbocycles. The molecule has 0 aliphatic heterocycles. The zero-order chi connectivity index (χ0) is 13.3. The van der Waals surface area contributed by atoms with Gasteiger partial charge in [0.15, 0.2) is 0 Å². The average molecular weight is 257 g/mol. The summed E-state index contributed by atoms with van der Waals surface area (Å²) >= 11 is 0. The summed E-state index contributed by atoms with van der Waals surface area (Å²) in [6.45, 7) is 6.01. The molecule has 0 saturated heterocycles. The molecule has 0 spiro atoms. The van der Waals surface area contributed by atoms with Crippen LogP contribution in [0.15, 0.2) is 30.5 Å². The molecule has 0 amide bonds. The second-order valence-corrected chi connectivity index (χ2v) is 5.05. The molecule has 1 heterocycles. The Labute approximate surface area is 110 Å². The lowest BCUT2D eigenvalue weighted by Crippen LogP contribution is -2.14. The van der Waals surface area contributed by atoms with E-state index in [1.807, 2.05) is 32.0 Å². The van der Waals surface area contributed by atoms with Gasteiger partial charge in [-0.1, -0.05) is 12.1 Å². The van der Waals surface area contributed by atoms with Crippen molar-refractivity contribution in [3.05, 3.63) is 58.4 Å². The van der Waals surface area contributed by atoms with E-state index in [1.54, 1.807) is 12.3 Å². The van der Waals surface area contributed by atoms with Gasteiger partial charge in [0.05, 0.1) is 0 Å². The number of hydrogen-bond acceptors (Lipinski definition) is 2. The molecule has 1 unspecified atom stereocenters. The van der Waals surface area contributed by atoms with Crippen LogP contribution in [0.3, 0.4) is 0 Å². The number of pyridine rings is 1. The Bertz CT molecular complexity index is 606. The van der Waals surface area contributed by atoms with Gasteiger partial charge in [0.1, 0.15) is 5.69 Å². The van der Waals surface area contributed by atoms with E-state index in [-0.39, 0.29) is 5.78 Å². The Kier molecular flexibility index (Phi) is 3.58. The number of carbonyl (C=O) groups is 1. The topological polar surface area (TPSA) is 30.0 Å². The highest BCUT2D eigenvalue weighted by molar-refractivity contribution is 7.27. The number of ketones is 1. The Hall–Kier alpha value is -1.53. The lowest BCUT2D eigenvalue weighted by Gasteiger charge is -2.13. The second kappa shape index (κ2) is 4.99. The van der Waals surface area contributed by atoms with Gasteiger partial charge in [-0.05, 0) is 54.9 Å². The summed E-state index contributed by atoms with van der Waals surface area (Å²) in [4.78, 5) is 16.6. The Morgan fingerprint density at radius 1 is 1.17 bits per heavy atom. The van der Waals surface area contributed by atoms with E-state index in [4.69, 9.17) is 0 Å². The van der Waals surface area contributed by atoms with Gasteiger partial charge in [0.25, 0.3) is 0 Å². The van der Waals surface area contributed by atoms with Crippen molar-refractivity contribution in [2.24, 2.45) is 0 Å². The second-order valence-electron chi connectivity index (χ2n) is 4.47. The molecule has 0 aliphatic rings. The molecular formula is C15H16NOP. The Morgan fingerprint density at radius 3 is 2.50 bits per heavy atom. The van der Waals surface area contributed by atoms with Gasteiger partial charge in [-0.2, -0.15) is 0 Å². The third kappa shape index (κ3) is 2.21. The molecule has 1 aromatic heterocycles. The Balaban J connectivity index is 2.59. The normalized spacial score (nSPS) is 10.4. The number of nitrogens with zero attached hydrogens (tertiary/aromatic N) is 1. The van der Waals surface area contributed by atoms with Gasteiger partial charge in [0, 0.05) is 11.8 Å². The third-order valence-corrected chi connectivity index (χ3v) is 4.04. The first-order valence-corrected chi connectivity index (χ1v) is 6.42. The van der Waals surface area contributed by atoms with E-state index in [0.717, 1.165) is 22.0 Å². The zero-order valence-corrected chi connectivity index (χ0v) is 12.0. The molecule has 2 rings (SSSR count). The first-order valence-electron chi connectivity index (χ1n) is 5.84. The van der Waals surface area contributed by atoms with Crippen LogP contribution in [0.1, 0.15) is 32.7 Å². The van der Waals surface area contributed by atoms with Crippen molar-refractivity contribution in [3.63, 3.8) is 0 Å². The minimum absolute atomic E-state index is 0.00528. The smallest absolute Gasteiger partial charge is 0.211 e. The van der Waals surface area contributed by atoms with Gasteiger partial charge in [0.2, 0.25) is 5.78 Å². The molecule has 3 heteroatoms. The fourth-order valence-electron chi connectivity index (χ4n) is 2.18. The first-order chi connectivity index (χ1) is 8.52. The predicted octanol–water partition coefficient (Wildman–Crippen LogP) is 2.74. The summed E-state index contributed by atoms with van der Waals surface area (Å²) in [6.07, 6.45) is 1.65. The van der Waals surface area contributed by atoms with E-state index in [2.05, 4.69) is 21.1 Å². The average Bonchev–Trinajstić information content (AvgIpc) is 2.37. The number of aryl methyl sites for hydroxylation is 2. The van der Waals surface area contributed by atoms with Crippen molar-refractivity contribution in [2.75, 3.05) is 0 Å². The fraction of sp³-hybridized carbons (Fsp3) is 0.200. The Morgan fingerprint density at radius 2 is 1.89 bits per heavy atom. The quantitative estimate of drug-likeness (QED) is 0.611. The van der Waals surface area contributed by atoms with Crippen molar-refractivity contribution in [1.29, 1.82) is 0 Å². The van der Waals surface area contributed by atoms with Crippen LogP contribution in [0, 0.1) is 20.8 Å². The van der Waals surface area contributed by atoms with Gasteiger partial charge in [-0.25, -0.2) is 0 Å². The summed E-state index contributed by atoms with van der Waals surface area (Å²) in [5.41, 5.74) is 4.48. The number of rotatable bonds is 2. The van der Waals surface area contributed by atoms with Crippen molar-refractivity contribution in [3.8, 4) is 0 Å². The van der Waals surface area contributed by atoms with Crippen LogP contribution in [0.25, 0.3) is 0 Å². The van der Waals surface area contributed by atoms with Crippen LogP contribution in [0.5, 0.6) is 0 Å². The van der Waals surface area contributed by atoms with E-state index >= 15 is 0 Å². The molecule has 18 heavy (non-hydrogen) atoms. The summed E-state index contributed by atoms with van der Waals surface area (Å²) in [5.74, 6) is -0.00528. The molecule has 0 N–H and O–H groups in total. The largest absolute Gasteiger partial charge is 0.287 e. The molecule has 0 radical (unpaired) electrons. The number of benzene rings is 1. The van der Waals surface area contributed by atoms with E-state index < -0.39 is 0 Å². The SMILES string of the molecule is Cc1cc(C)c(C(=O)c2ccccn2)c(C)c1P. The summed E-state index contributed by atoms with van der Waals surface area (Å²) in [6, 6.07) is 7.45. The zero-order valence-electron chi connectivity index (χ0n) is 10.8. The van der Waals surface area contributed by atoms with E-state index in [0.29, 0.717) is 5.69 Å². The third-order valence-electron chi connectivity index (χ3n) is 3.16. The molecule has 0 fully saturated rings. The molecule has 2 aromatic rings. The minimum Gasteiger partial charge on any atom is -0.287 e. The standard InChI is InChI=1S/C15H16NOP/c1-9-8-10(2)15(18)11(3)13(9)14(17)12-6-4-5-7-16-12/h4-8H,18H2,1-3H3. The maximum Gasteiger partial charge on any atom is 0.211 e. The van der Waals surface area contributed by atoms with Crippen molar-refractivity contribution >= 4 is 20.3 Å². The number of carbonyl (C=O) groups excluding carboxylic acids is 1. The van der Waals surface area contributed by atoms with Crippen molar-refractivity contribution < 1.29 is 4.79 Å². The van der Waals surface area contributed by atoms with Crippen LogP contribution in [-0.2, 0) is 0 Å². The van der Waals surface area contributed by atoms with Gasteiger partial charge >= 0.3 is 0 Å². The van der Waals surface area contributed by atoms with Gasteiger partial charge in [-0.15, -0.1) is 9.24 Å². The predicted molar refractivity (Wildman–Crippen MR) is 77.7 cm³/mol. The lowest BCUT2D eigenvalue weighted by molar-refractivity contribution is 0.103. The molecule has 0 aliphatic carbocycles. The number of aromatic nitrogens is 1. The minimum atomic E-state index is -0.00528. The maximum atomic E-state index is 12.5. The first kappa shape index (κ1) is 12.9. The lowest BCUT2D eigenvalue weighted by atomic mass is 9.95. The highest BCUT2D eigenvalue weighted by atomic mass is 31.0. The molecule has 0 saturated carbocycles. The fourth-order valence-corrected chi connectivity index (χ4v) is 2.40. The van der Waals surface area contributed by atoms with Crippen molar-refractivity contribution in [2.45, 2.75) is 20.8 Å². The van der Waals surface area contributed by atoms with Crippen LogP contribution in [0.4, 0.5) is 0 Å². The summed E-state index contributed by atoms with van der Waals surface area (Å²) in [5, 5.41) is 1.10. The van der Waals surface area contributed by atoms with Crippen LogP contribution in [0.2, 0.25) is 0 Å². The summed E-state index contributed by atoms with van der Waals surface area (Å²) in [7, 11) is 2.71. The van der Waals surface area contributed by atoms with Gasteiger partial charge in [-0.3, -0.25) is 9.78 Å². The summed E-state index contributed by atoms with van der Waals surface area (Å²) < 4.78 is 0. The van der Waals surface area contributed by atoms with Crippen LogP contribution in [-0.4, -0.2) is 10.8 Å². The molecule has 1 atom stereocenters. The van der Waals surface area contributed by atoms with Gasteiger partial charge < -0.3 is 0 Å². The number of hydrogen-bond donors (Lipinski definition) is 0. The molecule has 92 valence electrons. The highest BCUT2D eigenvalue weighted by Crippen LogP contribution is 2.19. The van der Waals surface area contributed by atoms with Crippen LogP contribution < -0.4 is 5.30 Å². The van der Waals surface area contributed by atoms with E-state index in [1.165, 1.54) is 5.56 Å². The van der Waals surface area contributed by atoms with Crippen LogP contribution >= 0.6 is 9.24 Å². The van der Waals surface area contributed by atoms with Crippen molar-refractivity contribution in [1.82, 2.24) is 4.98 Å². The highest BCUT2D eigenvalue weighted by Gasteiger charge is 2.17. The molecule has 2 nitrogen and oxygen atoms in total. The molecule has 0 bridgehead atoms. The monoisotopic (exact) mass is 257 g/mol.